The van der Waals surface area contributed by atoms with Crippen molar-refractivity contribution in [3.63, 3.8) is 0 Å². The van der Waals surface area contributed by atoms with Crippen molar-refractivity contribution in [2.75, 3.05) is 0 Å². The maximum atomic E-state index is 11.1. The highest BCUT2D eigenvalue weighted by molar-refractivity contribution is 5.72. The van der Waals surface area contributed by atoms with Crippen LogP contribution >= 0.6 is 0 Å². The van der Waals surface area contributed by atoms with Crippen LogP contribution in [0.25, 0.3) is 16.8 Å². The van der Waals surface area contributed by atoms with E-state index in [4.69, 9.17) is 9.84 Å². The molecule has 0 radical (unpaired) electrons. The molecule has 0 aliphatic heterocycles. The van der Waals surface area contributed by atoms with Gasteiger partial charge in [-0.1, -0.05) is 36.3 Å². The van der Waals surface area contributed by atoms with Gasteiger partial charge in [-0.15, -0.1) is 5.92 Å². The zero-order chi connectivity index (χ0) is 23.4. The van der Waals surface area contributed by atoms with Crippen LogP contribution in [0.4, 0.5) is 0 Å². The molecule has 2 aromatic heterocycles. The quantitative estimate of drug-likeness (QED) is 0.402. The molecule has 0 spiro atoms. The third-order valence-electron chi connectivity index (χ3n) is 5.60. The molecule has 0 aliphatic rings. The maximum Gasteiger partial charge on any atom is 0.304 e. The van der Waals surface area contributed by atoms with Crippen LogP contribution in [0.1, 0.15) is 41.5 Å². The van der Waals surface area contributed by atoms with E-state index in [9.17, 15) is 4.79 Å². The molecular weight excluding hydrogens is 414 g/mol. The van der Waals surface area contributed by atoms with Crippen LogP contribution in [-0.2, 0) is 11.4 Å². The Morgan fingerprint density at radius 3 is 2.55 bits per heavy atom. The first-order valence-corrected chi connectivity index (χ1v) is 10.7. The minimum atomic E-state index is -0.871. The third-order valence-corrected chi connectivity index (χ3v) is 5.60. The summed E-state index contributed by atoms with van der Waals surface area (Å²) in [7, 11) is 0. The fraction of sp³-hybridized carbons (Fsp3) is 0.222. The smallest absolute Gasteiger partial charge is 0.304 e. The first-order chi connectivity index (χ1) is 16.0. The Morgan fingerprint density at radius 1 is 1.15 bits per heavy atom. The highest BCUT2D eigenvalue weighted by Gasteiger charge is 2.14. The third kappa shape index (κ3) is 4.88. The summed E-state index contributed by atoms with van der Waals surface area (Å²) in [6.45, 7) is 6.25. The number of aromatic nitrogens is 3. The number of nitrogens with zero attached hydrogens (tertiary/aromatic N) is 3. The molecule has 4 rings (SSSR count). The van der Waals surface area contributed by atoms with E-state index < -0.39 is 5.97 Å². The molecular formula is C27H25N3O3. The van der Waals surface area contributed by atoms with Crippen LogP contribution in [0.15, 0.2) is 61.1 Å². The average molecular weight is 440 g/mol. The zero-order valence-corrected chi connectivity index (χ0v) is 18.9. The van der Waals surface area contributed by atoms with Gasteiger partial charge in [-0.3, -0.25) is 4.79 Å². The molecule has 6 heteroatoms. The van der Waals surface area contributed by atoms with E-state index >= 15 is 0 Å². The topological polar surface area (TPSA) is 76.7 Å². The van der Waals surface area contributed by atoms with Gasteiger partial charge < -0.3 is 9.84 Å². The van der Waals surface area contributed by atoms with E-state index in [0.717, 1.165) is 22.3 Å². The number of pyridine rings is 1. The first kappa shape index (κ1) is 22.1. The Morgan fingerprint density at radius 2 is 1.88 bits per heavy atom. The minimum absolute atomic E-state index is 0.0307. The van der Waals surface area contributed by atoms with Crippen LogP contribution in [-0.4, -0.2) is 25.7 Å². The van der Waals surface area contributed by atoms with E-state index in [0.29, 0.717) is 12.4 Å². The van der Waals surface area contributed by atoms with Gasteiger partial charge in [-0.25, -0.2) is 9.50 Å². The Balaban J connectivity index is 1.59. The fourth-order valence-corrected chi connectivity index (χ4v) is 4.07. The number of ether oxygens (including phenoxy) is 1. The van der Waals surface area contributed by atoms with Gasteiger partial charge in [0, 0.05) is 17.3 Å². The highest BCUT2D eigenvalue weighted by atomic mass is 16.5. The molecule has 166 valence electrons. The number of benzene rings is 2. The number of aryl methyl sites for hydroxylation is 2. The second-order valence-corrected chi connectivity index (χ2v) is 7.95. The Hall–Kier alpha value is -4.11. The lowest BCUT2D eigenvalue weighted by Crippen LogP contribution is -2.05. The van der Waals surface area contributed by atoms with E-state index in [-0.39, 0.29) is 12.3 Å². The van der Waals surface area contributed by atoms with Crippen LogP contribution in [0.2, 0.25) is 0 Å². The molecule has 33 heavy (non-hydrogen) atoms. The van der Waals surface area contributed by atoms with Gasteiger partial charge in [0.05, 0.1) is 12.3 Å². The summed E-state index contributed by atoms with van der Waals surface area (Å²) in [6, 6.07) is 15.8. The van der Waals surface area contributed by atoms with E-state index in [1.807, 2.05) is 30.5 Å². The number of fused-ring (bicyclic) bond motifs is 1. The zero-order valence-electron chi connectivity index (χ0n) is 18.9. The molecule has 0 unspecified atom stereocenters. The molecule has 0 saturated heterocycles. The van der Waals surface area contributed by atoms with Crippen molar-refractivity contribution in [3.05, 3.63) is 83.3 Å². The first-order valence-electron chi connectivity index (χ1n) is 10.7. The van der Waals surface area contributed by atoms with Crippen LogP contribution in [0.5, 0.6) is 5.75 Å². The van der Waals surface area contributed by atoms with Crippen molar-refractivity contribution >= 4 is 11.6 Å². The standard InChI is InChI=1S/C27H25N3O3/c1-4-6-21(14-25(31)32)20-9-11-24(12-10-20)33-16-23-13-22(15-30-27(23)28-17-29-30)26-18(2)7-5-8-19(26)3/h5,7-13,15,17,21H,14,16H2,1-3H3,(H,31,32)/t21-/m0/s1. The van der Waals surface area contributed by atoms with Crippen molar-refractivity contribution in [1.82, 2.24) is 14.6 Å². The number of aliphatic carboxylic acids is 1. The Bertz CT molecular complexity index is 1340. The van der Waals surface area contributed by atoms with E-state index in [2.05, 4.69) is 60.0 Å². The maximum absolute atomic E-state index is 11.1. The number of carboxylic acids is 1. The number of carboxylic acid groups (broad SMARTS) is 1. The number of rotatable bonds is 7. The molecule has 1 N–H and O–H groups in total. The fourth-order valence-electron chi connectivity index (χ4n) is 4.07. The predicted molar refractivity (Wildman–Crippen MR) is 127 cm³/mol. The second-order valence-electron chi connectivity index (χ2n) is 7.95. The van der Waals surface area contributed by atoms with Crippen molar-refractivity contribution in [3.8, 4) is 28.7 Å². The lowest BCUT2D eigenvalue weighted by atomic mass is 9.96. The lowest BCUT2D eigenvalue weighted by Gasteiger charge is -2.14. The van der Waals surface area contributed by atoms with E-state index in [1.165, 1.54) is 16.7 Å². The number of hydrogen-bond donors (Lipinski definition) is 1. The molecule has 0 saturated carbocycles. The molecule has 0 fully saturated rings. The summed E-state index contributed by atoms with van der Waals surface area (Å²) in [5.74, 6) is 5.25. The summed E-state index contributed by atoms with van der Waals surface area (Å²) >= 11 is 0. The van der Waals surface area contributed by atoms with Crippen molar-refractivity contribution in [1.29, 1.82) is 0 Å². The average Bonchev–Trinajstić information content (AvgIpc) is 3.26. The highest BCUT2D eigenvalue weighted by Crippen LogP contribution is 2.29. The SMILES string of the molecule is CC#C[C@@H](CC(=O)O)c1ccc(OCc2cc(-c3c(C)cccc3C)cn3ncnc23)cc1. The molecule has 4 aromatic rings. The van der Waals surface area contributed by atoms with Gasteiger partial charge >= 0.3 is 5.97 Å². The molecule has 2 heterocycles. The molecule has 0 amide bonds. The van der Waals surface area contributed by atoms with Gasteiger partial charge in [-0.2, -0.15) is 5.10 Å². The van der Waals surface area contributed by atoms with Gasteiger partial charge in [0.2, 0.25) is 0 Å². The molecule has 2 aromatic carbocycles. The minimum Gasteiger partial charge on any atom is -0.489 e. The summed E-state index contributed by atoms with van der Waals surface area (Å²) in [6.07, 6.45) is 3.50. The monoisotopic (exact) mass is 439 g/mol. The van der Waals surface area contributed by atoms with Crippen LogP contribution < -0.4 is 4.74 Å². The van der Waals surface area contributed by atoms with Gasteiger partial charge in [0.25, 0.3) is 0 Å². The molecule has 6 nitrogen and oxygen atoms in total. The molecule has 1 atom stereocenters. The summed E-state index contributed by atoms with van der Waals surface area (Å²) in [4.78, 5) is 15.5. The van der Waals surface area contributed by atoms with Gasteiger partial charge in [0.15, 0.2) is 5.65 Å². The normalized spacial score (nSPS) is 11.6. The number of hydrogen-bond acceptors (Lipinski definition) is 4. The Labute approximate surface area is 192 Å². The number of carbonyl (C=O) groups is 1. The summed E-state index contributed by atoms with van der Waals surface area (Å²) in [5.41, 5.74) is 7.18. The van der Waals surface area contributed by atoms with Crippen LogP contribution in [0.3, 0.4) is 0 Å². The van der Waals surface area contributed by atoms with Crippen molar-refractivity contribution in [2.24, 2.45) is 0 Å². The predicted octanol–water partition coefficient (Wildman–Crippen LogP) is 5.17. The van der Waals surface area contributed by atoms with Crippen LogP contribution in [0, 0.1) is 25.7 Å². The van der Waals surface area contributed by atoms with Crippen molar-refractivity contribution < 1.29 is 14.6 Å². The summed E-state index contributed by atoms with van der Waals surface area (Å²) < 4.78 is 7.84. The van der Waals surface area contributed by atoms with E-state index in [1.54, 1.807) is 17.8 Å². The summed E-state index contributed by atoms with van der Waals surface area (Å²) in [5, 5.41) is 13.5. The lowest BCUT2D eigenvalue weighted by molar-refractivity contribution is -0.137. The largest absolute Gasteiger partial charge is 0.489 e. The Kier molecular flexibility index (Phi) is 6.41. The molecule has 0 aliphatic carbocycles. The van der Waals surface area contributed by atoms with Gasteiger partial charge in [0.1, 0.15) is 18.7 Å². The van der Waals surface area contributed by atoms with Crippen molar-refractivity contribution in [2.45, 2.75) is 39.7 Å². The van der Waals surface area contributed by atoms with Gasteiger partial charge in [-0.05, 0) is 61.2 Å². The molecule has 0 bridgehead atoms. The second kappa shape index (κ2) is 9.58.